The minimum atomic E-state index is 0.290. The molecular weight excluding hydrogens is 262 g/mol. The fourth-order valence-electron chi connectivity index (χ4n) is 2.67. The molecule has 0 saturated carbocycles. The molecule has 0 aliphatic carbocycles. The van der Waals surface area contributed by atoms with E-state index in [1.165, 1.54) is 11.1 Å². The molecule has 21 heavy (non-hydrogen) atoms. The van der Waals surface area contributed by atoms with Crippen LogP contribution < -0.4 is 9.64 Å². The van der Waals surface area contributed by atoms with E-state index in [-0.39, 0.29) is 0 Å². The van der Waals surface area contributed by atoms with E-state index in [9.17, 15) is 0 Å². The number of benzene rings is 1. The van der Waals surface area contributed by atoms with Gasteiger partial charge < -0.3 is 9.64 Å². The van der Waals surface area contributed by atoms with E-state index in [0.29, 0.717) is 6.10 Å². The molecule has 1 aromatic carbocycles. The van der Waals surface area contributed by atoms with Crippen LogP contribution in [-0.2, 0) is 0 Å². The molecule has 1 aromatic heterocycles. The minimum Gasteiger partial charge on any atom is -0.490 e. The second-order valence-electron chi connectivity index (χ2n) is 5.64. The molecule has 0 radical (unpaired) electrons. The van der Waals surface area contributed by atoms with Gasteiger partial charge in [-0.3, -0.25) is 4.98 Å². The number of nitrogens with zero attached hydrogens (tertiary/aromatic N) is 3. The molecule has 2 aromatic rings. The van der Waals surface area contributed by atoms with Gasteiger partial charge in [-0.15, -0.1) is 0 Å². The predicted molar refractivity (Wildman–Crippen MR) is 83.8 cm³/mol. The molecule has 0 N–H and O–H groups in total. The second kappa shape index (κ2) is 6.12. The molecule has 4 heteroatoms. The predicted octanol–water partition coefficient (Wildman–Crippen LogP) is 3.14. The normalized spacial score (nSPS) is 16.0. The van der Waals surface area contributed by atoms with Crippen molar-refractivity contribution < 1.29 is 4.74 Å². The van der Waals surface area contributed by atoms with Gasteiger partial charge in [0.25, 0.3) is 0 Å². The van der Waals surface area contributed by atoms with Crippen LogP contribution in [0.1, 0.15) is 24.0 Å². The van der Waals surface area contributed by atoms with E-state index in [1.54, 1.807) is 12.4 Å². The molecule has 0 spiro atoms. The number of anilines is 1. The first-order chi connectivity index (χ1) is 10.2. The maximum atomic E-state index is 6.19. The number of hydrogen-bond donors (Lipinski definition) is 0. The lowest BCUT2D eigenvalue weighted by Gasteiger charge is -2.33. The number of hydrogen-bond acceptors (Lipinski definition) is 4. The first kappa shape index (κ1) is 13.9. The SMILES string of the molecule is Cc1ccc(C)c(OC2CCN(c3cnccn3)CC2)c1. The second-order valence-corrected chi connectivity index (χ2v) is 5.64. The topological polar surface area (TPSA) is 38.2 Å². The van der Waals surface area contributed by atoms with Crippen molar-refractivity contribution in [1.82, 2.24) is 9.97 Å². The fourth-order valence-corrected chi connectivity index (χ4v) is 2.67. The van der Waals surface area contributed by atoms with Gasteiger partial charge in [0.2, 0.25) is 0 Å². The number of ether oxygens (including phenoxy) is 1. The Kier molecular flexibility index (Phi) is 4.04. The first-order valence-electron chi connectivity index (χ1n) is 7.47. The Morgan fingerprint density at radius 2 is 1.95 bits per heavy atom. The van der Waals surface area contributed by atoms with Crippen molar-refractivity contribution in [3.63, 3.8) is 0 Å². The van der Waals surface area contributed by atoms with E-state index >= 15 is 0 Å². The Balaban J connectivity index is 1.60. The summed E-state index contributed by atoms with van der Waals surface area (Å²) >= 11 is 0. The van der Waals surface area contributed by atoms with Crippen molar-refractivity contribution in [2.24, 2.45) is 0 Å². The molecule has 1 aliphatic rings. The summed E-state index contributed by atoms with van der Waals surface area (Å²) in [5, 5.41) is 0. The Morgan fingerprint density at radius 3 is 2.67 bits per heavy atom. The van der Waals surface area contributed by atoms with Crippen molar-refractivity contribution in [3.8, 4) is 5.75 Å². The van der Waals surface area contributed by atoms with E-state index in [2.05, 4.69) is 46.9 Å². The standard InChI is InChI=1S/C17H21N3O/c1-13-3-4-14(2)16(11-13)21-15-5-9-20(10-6-15)17-12-18-7-8-19-17/h3-4,7-8,11-12,15H,5-6,9-10H2,1-2H3. The highest BCUT2D eigenvalue weighted by molar-refractivity contribution is 5.37. The maximum absolute atomic E-state index is 6.19. The summed E-state index contributed by atoms with van der Waals surface area (Å²) in [5.74, 6) is 1.98. The van der Waals surface area contributed by atoms with Gasteiger partial charge in [-0.1, -0.05) is 12.1 Å². The minimum absolute atomic E-state index is 0.290. The first-order valence-corrected chi connectivity index (χ1v) is 7.47. The molecule has 0 atom stereocenters. The van der Waals surface area contributed by atoms with Gasteiger partial charge in [0.1, 0.15) is 17.7 Å². The smallest absolute Gasteiger partial charge is 0.147 e. The number of piperidine rings is 1. The molecule has 110 valence electrons. The van der Waals surface area contributed by atoms with Gasteiger partial charge in [-0.2, -0.15) is 0 Å². The van der Waals surface area contributed by atoms with E-state index < -0.39 is 0 Å². The average molecular weight is 283 g/mol. The van der Waals surface area contributed by atoms with Crippen LogP contribution in [-0.4, -0.2) is 29.2 Å². The summed E-state index contributed by atoms with van der Waals surface area (Å²) in [4.78, 5) is 10.8. The van der Waals surface area contributed by atoms with Gasteiger partial charge in [0, 0.05) is 38.3 Å². The van der Waals surface area contributed by atoms with Crippen LogP contribution in [0.5, 0.6) is 5.75 Å². The van der Waals surface area contributed by atoms with Gasteiger partial charge in [-0.05, 0) is 31.0 Å². The van der Waals surface area contributed by atoms with E-state index in [1.807, 2.05) is 6.20 Å². The van der Waals surface area contributed by atoms with E-state index in [4.69, 9.17) is 4.74 Å². The van der Waals surface area contributed by atoms with Crippen molar-refractivity contribution in [1.29, 1.82) is 0 Å². The molecule has 2 heterocycles. The number of rotatable bonds is 3. The molecule has 0 unspecified atom stereocenters. The van der Waals surface area contributed by atoms with Crippen LogP contribution in [0, 0.1) is 13.8 Å². The van der Waals surface area contributed by atoms with Crippen LogP contribution in [0.3, 0.4) is 0 Å². The Labute approximate surface area is 125 Å². The monoisotopic (exact) mass is 283 g/mol. The quantitative estimate of drug-likeness (QED) is 0.867. The van der Waals surface area contributed by atoms with Crippen molar-refractivity contribution in [2.75, 3.05) is 18.0 Å². The highest BCUT2D eigenvalue weighted by atomic mass is 16.5. The number of aryl methyl sites for hydroxylation is 2. The lowest BCUT2D eigenvalue weighted by atomic mass is 10.1. The molecule has 1 fully saturated rings. The average Bonchev–Trinajstić information content (AvgIpc) is 2.53. The molecule has 4 nitrogen and oxygen atoms in total. The zero-order valence-electron chi connectivity index (χ0n) is 12.6. The van der Waals surface area contributed by atoms with Crippen LogP contribution in [0.15, 0.2) is 36.8 Å². The molecule has 0 amide bonds. The highest BCUT2D eigenvalue weighted by Gasteiger charge is 2.21. The third-order valence-electron chi connectivity index (χ3n) is 3.95. The summed E-state index contributed by atoms with van der Waals surface area (Å²) in [7, 11) is 0. The van der Waals surface area contributed by atoms with Crippen molar-refractivity contribution >= 4 is 5.82 Å². The lowest BCUT2D eigenvalue weighted by Crippen LogP contribution is -2.38. The molecule has 1 saturated heterocycles. The summed E-state index contributed by atoms with van der Waals surface area (Å²) < 4.78 is 6.19. The van der Waals surface area contributed by atoms with Gasteiger partial charge in [0.15, 0.2) is 0 Å². The molecular formula is C17H21N3O. The van der Waals surface area contributed by atoms with Crippen molar-refractivity contribution in [2.45, 2.75) is 32.8 Å². The van der Waals surface area contributed by atoms with Gasteiger partial charge >= 0.3 is 0 Å². The molecule has 0 bridgehead atoms. The van der Waals surface area contributed by atoms with Gasteiger partial charge in [-0.25, -0.2) is 4.98 Å². The molecule has 1 aliphatic heterocycles. The Morgan fingerprint density at radius 1 is 1.14 bits per heavy atom. The van der Waals surface area contributed by atoms with Gasteiger partial charge in [0.05, 0.1) is 6.20 Å². The maximum Gasteiger partial charge on any atom is 0.147 e. The summed E-state index contributed by atoms with van der Waals surface area (Å²) in [6.45, 7) is 6.13. The fraction of sp³-hybridized carbons (Fsp3) is 0.412. The summed E-state index contributed by atoms with van der Waals surface area (Å²) in [5.41, 5.74) is 2.45. The summed E-state index contributed by atoms with van der Waals surface area (Å²) in [6.07, 6.45) is 7.60. The van der Waals surface area contributed by atoms with Crippen LogP contribution in [0.25, 0.3) is 0 Å². The van der Waals surface area contributed by atoms with E-state index in [0.717, 1.165) is 37.5 Å². The zero-order chi connectivity index (χ0) is 14.7. The third kappa shape index (κ3) is 3.32. The van der Waals surface area contributed by atoms with Crippen LogP contribution in [0.4, 0.5) is 5.82 Å². The largest absolute Gasteiger partial charge is 0.490 e. The van der Waals surface area contributed by atoms with Crippen LogP contribution >= 0.6 is 0 Å². The van der Waals surface area contributed by atoms with Crippen LogP contribution in [0.2, 0.25) is 0 Å². The zero-order valence-corrected chi connectivity index (χ0v) is 12.6. The lowest BCUT2D eigenvalue weighted by molar-refractivity contribution is 0.169. The molecule has 3 rings (SSSR count). The third-order valence-corrected chi connectivity index (χ3v) is 3.95. The Hall–Kier alpha value is -2.10. The van der Waals surface area contributed by atoms with Crippen molar-refractivity contribution in [3.05, 3.63) is 47.9 Å². The number of aromatic nitrogens is 2. The Bertz CT molecular complexity index is 592. The summed E-state index contributed by atoms with van der Waals surface area (Å²) in [6, 6.07) is 6.38. The highest BCUT2D eigenvalue weighted by Crippen LogP contribution is 2.25.